The summed E-state index contributed by atoms with van der Waals surface area (Å²) >= 11 is 0. The van der Waals surface area contributed by atoms with Crippen LogP contribution in [0, 0.1) is 52.3 Å². The highest BCUT2D eigenvalue weighted by molar-refractivity contribution is 5.69. The Morgan fingerprint density at radius 1 is 0.891 bits per heavy atom. The predicted molar refractivity (Wildman–Crippen MR) is 220 cm³/mol. The Morgan fingerprint density at radius 2 is 1.71 bits per heavy atom. The van der Waals surface area contributed by atoms with E-state index in [9.17, 15) is 5.11 Å². The van der Waals surface area contributed by atoms with E-state index in [0.29, 0.717) is 49.0 Å². The van der Waals surface area contributed by atoms with Crippen molar-refractivity contribution < 1.29 is 5.11 Å². The number of allylic oxidation sites excluding steroid dienone is 18. The van der Waals surface area contributed by atoms with Crippen LogP contribution in [0.25, 0.3) is 0 Å². The van der Waals surface area contributed by atoms with Crippen LogP contribution in [0.4, 0.5) is 0 Å². The summed E-state index contributed by atoms with van der Waals surface area (Å²) in [4.78, 5) is 30.2. The van der Waals surface area contributed by atoms with Gasteiger partial charge < -0.3 is 5.11 Å². The fourth-order valence-corrected chi connectivity index (χ4v) is 14.3. The largest absolute Gasteiger partial charge is 0.393 e. The van der Waals surface area contributed by atoms with Crippen LogP contribution in [-0.4, -0.2) is 25.1 Å². The van der Waals surface area contributed by atoms with E-state index in [4.69, 9.17) is 0 Å². The number of hydrogen-bond acceptors (Lipinski definition) is 3. The molecule has 2 spiro atoms. The third-order valence-electron chi connectivity index (χ3n) is 17.4. The van der Waals surface area contributed by atoms with Crippen molar-refractivity contribution in [2.24, 2.45) is 52.3 Å². The van der Waals surface area contributed by atoms with Gasteiger partial charge in [-0.15, -0.1) is 0 Å². The van der Waals surface area contributed by atoms with Crippen LogP contribution in [0.5, 0.6) is 0 Å². The van der Waals surface area contributed by atoms with Gasteiger partial charge in [-0.3, -0.25) is 0 Å². The molecule has 3 saturated carbocycles. The third-order valence-corrected chi connectivity index (χ3v) is 17.4. The molecule has 0 radical (unpaired) electrons. The highest BCUT2D eigenvalue weighted by Crippen LogP contribution is 2.74. The van der Waals surface area contributed by atoms with Crippen molar-refractivity contribution in [3.8, 4) is 0 Å². The Hall–Kier alpha value is -3.64. The van der Waals surface area contributed by atoms with Crippen LogP contribution >= 0.6 is 0 Å². The van der Waals surface area contributed by atoms with Crippen molar-refractivity contribution >= 4 is 0 Å². The number of rotatable bonds is 8. The number of aromatic nitrogens is 3. The molecule has 6 nitrogen and oxygen atoms in total. The van der Waals surface area contributed by atoms with Gasteiger partial charge in [0.05, 0.1) is 17.2 Å². The zero-order valence-electron chi connectivity index (χ0n) is 33.9. The van der Waals surface area contributed by atoms with Crippen molar-refractivity contribution in [3.05, 3.63) is 127 Å². The molecular formula is C49H61N3O3. The lowest BCUT2D eigenvalue weighted by Crippen LogP contribution is -2.76. The summed E-state index contributed by atoms with van der Waals surface area (Å²) in [5.41, 5.74) is 6.45. The maximum Gasteiger partial charge on any atom is 0.348 e. The first-order valence-electron chi connectivity index (χ1n) is 21.8. The van der Waals surface area contributed by atoms with Crippen LogP contribution in [0.15, 0.2) is 116 Å². The van der Waals surface area contributed by atoms with E-state index in [2.05, 4.69) is 114 Å². The molecule has 11 atom stereocenters. The monoisotopic (exact) mass is 739 g/mol. The van der Waals surface area contributed by atoms with Crippen LogP contribution in [-0.2, 0) is 17.6 Å². The standard InChI is InChI=1S/C49H61N3O3/c1-30(2)31(3)15-16-32(4)39-19-20-40-46(39,5)23-22-41-47(6)24-21-37(53)29-48(47)25-26-49(40,41)52-45(55)50(44(54)51(48)52)27-9-13-35-28-36-12-7-10-33-17-18-34-11-8-14-38(35)43(34)42(33)36/h7-8,10,12,14-18,25-26,28,30-32,37,39-42,53H,9,11,13,19-24,27,29H2,1-6H3/b16-15+. The lowest BCUT2D eigenvalue weighted by molar-refractivity contribution is -0.199. The van der Waals surface area contributed by atoms with Crippen LogP contribution < -0.4 is 11.4 Å². The molecule has 6 heteroatoms. The zero-order valence-corrected chi connectivity index (χ0v) is 33.9. The minimum Gasteiger partial charge on any atom is -0.393 e. The second-order valence-electron chi connectivity index (χ2n) is 20.0. The smallest absolute Gasteiger partial charge is 0.348 e. The van der Waals surface area contributed by atoms with Gasteiger partial charge in [0.25, 0.3) is 0 Å². The molecule has 3 fully saturated rings. The van der Waals surface area contributed by atoms with Gasteiger partial charge in [-0.2, -0.15) is 0 Å². The molecule has 290 valence electrons. The minimum absolute atomic E-state index is 0.0498. The summed E-state index contributed by atoms with van der Waals surface area (Å²) in [5, 5.41) is 11.3. The van der Waals surface area contributed by atoms with Crippen LogP contribution in [0.1, 0.15) is 106 Å². The molecule has 0 amide bonds. The Balaban J connectivity index is 1.03. The molecular weight excluding hydrogens is 679 g/mol. The highest BCUT2D eigenvalue weighted by Gasteiger charge is 2.75. The van der Waals surface area contributed by atoms with Gasteiger partial charge in [0.1, 0.15) is 0 Å². The molecule has 10 aliphatic rings. The van der Waals surface area contributed by atoms with Crippen molar-refractivity contribution in [2.75, 3.05) is 0 Å². The second kappa shape index (κ2) is 12.2. The van der Waals surface area contributed by atoms with Gasteiger partial charge in [-0.1, -0.05) is 114 Å². The van der Waals surface area contributed by atoms with Gasteiger partial charge in [-0.05, 0) is 132 Å². The van der Waals surface area contributed by atoms with E-state index in [1.807, 2.05) is 9.36 Å². The first-order chi connectivity index (χ1) is 26.4. The van der Waals surface area contributed by atoms with E-state index in [1.54, 1.807) is 4.57 Å². The van der Waals surface area contributed by atoms with Gasteiger partial charge in [0.2, 0.25) is 0 Å². The Labute approximate surface area is 327 Å². The van der Waals surface area contributed by atoms with E-state index in [1.165, 1.54) is 33.4 Å². The molecule has 55 heavy (non-hydrogen) atoms. The molecule has 1 aromatic rings. The lowest BCUT2D eigenvalue weighted by Gasteiger charge is -2.71. The third kappa shape index (κ3) is 4.58. The van der Waals surface area contributed by atoms with Crippen molar-refractivity contribution in [1.82, 2.24) is 13.9 Å². The summed E-state index contributed by atoms with van der Waals surface area (Å²) in [6.45, 7) is 14.7. The molecule has 2 bridgehead atoms. The maximum atomic E-state index is 15.2. The molecule has 11 rings (SSSR count). The number of fused-ring (bicyclic) bond motifs is 1. The summed E-state index contributed by atoms with van der Waals surface area (Å²) in [6.07, 6.45) is 36.4. The van der Waals surface area contributed by atoms with Gasteiger partial charge in [-0.25, -0.2) is 23.5 Å². The molecule has 3 heterocycles. The van der Waals surface area contributed by atoms with Gasteiger partial charge in [0, 0.05) is 24.3 Å². The van der Waals surface area contributed by atoms with Gasteiger partial charge >= 0.3 is 11.4 Å². The summed E-state index contributed by atoms with van der Waals surface area (Å²) in [6, 6.07) is 0. The summed E-state index contributed by atoms with van der Waals surface area (Å²) in [7, 11) is 0. The van der Waals surface area contributed by atoms with Crippen molar-refractivity contribution in [1.29, 1.82) is 0 Å². The highest BCUT2D eigenvalue weighted by atomic mass is 16.3. The SMILES string of the molecule is CC(C)C(C)/C=C/C(C)C1CCC2C1(C)CCC1C23C=CC2(CC(O)CCC12C)n1c(=O)n(CCCC2=CC4=CC=CC5=CC=C6CC=CC2=C6C54)c(=O)n13. The quantitative estimate of drug-likeness (QED) is 0.271. The number of hydrogen-bond donors (Lipinski definition) is 1. The molecule has 0 saturated heterocycles. The predicted octanol–water partition coefficient (Wildman–Crippen LogP) is 9.22. The summed E-state index contributed by atoms with van der Waals surface area (Å²) in [5.74, 6) is 2.96. The van der Waals surface area contributed by atoms with Crippen molar-refractivity contribution in [3.63, 3.8) is 0 Å². The van der Waals surface area contributed by atoms with E-state index in [0.717, 1.165) is 51.4 Å². The molecule has 1 aromatic heterocycles. The normalized spacial score (nSPS) is 39.9. The first kappa shape index (κ1) is 35.8. The second-order valence-corrected chi connectivity index (χ2v) is 20.0. The Kier molecular flexibility index (Phi) is 7.92. The van der Waals surface area contributed by atoms with E-state index >= 15 is 9.59 Å². The number of nitrogens with zero attached hydrogens (tertiary/aromatic N) is 3. The lowest BCUT2D eigenvalue weighted by atomic mass is 9.40. The molecule has 11 unspecified atom stereocenters. The van der Waals surface area contributed by atoms with E-state index < -0.39 is 17.2 Å². The molecule has 8 aliphatic carbocycles. The van der Waals surface area contributed by atoms with Gasteiger partial charge in [0.15, 0.2) is 0 Å². The number of aliphatic hydroxyl groups excluding tert-OH is 1. The van der Waals surface area contributed by atoms with Crippen LogP contribution in [0.2, 0.25) is 0 Å². The van der Waals surface area contributed by atoms with Crippen LogP contribution in [0.3, 0.4) is 0 Å². The zero-order chi connectivity index (χ0) is 38.2. The summed E-state index contributed by atoms with van der Waals surface area (Å²) < 4.78 is 5.52. The number of aliphatic hydroxyl groups is 1. The fraction of sp³-hybridized carbons (Fsp3) is 0.592. The maximum absolute atomic E-state index is 15.2. The Morgan fingerprint density at radius 3 is 2.53 bits per heavy atom. The average molecular weight is 740 g/mol. The topological polar surface area (TPSA) is 69.2 Å². The average Bonchev–Trinajstić information content (AvgIpc) is 3.67. The minimum atomic E-state index is -0.705. The molecule has 1 N–H and O–H groups in total. The van der Waals surface area contributed by atoms with E-state index in [-0.39, 0.29) is 34.0 Å². The van der Waals surface area contributed by atoms with Crippen molar-refractivity contribution in [2.45, 2.75) is 129 Å². The fourth-order valence-electron chi connectivity index (χ4n) is 14.3. The Bertz CT molecular complexity index is 2260. The first-order valence-corrected chi connectivity index (χ1v) is 21.8. The molecule has 2 aliphatic heterocycles. The molecule has 0 aromatic carbocycles.